The van der Waals surface area contributed by atoms with E-state index in [1.165, 1.54) is 5.39 Å². The first-order chi connectivity index (χ1) is 8.83. The second-order valence-corrected chi connectivity index (χ2v) is 5.17. The first-order valence-electron chi connectivity index (χ1n) is 6.38. The van der Waals surface area contributed by atoms with Gasteiger partial charge in [-0.2, -0.15) is 5.10 Å². The van der Waals surface area contributed by atoms with Gasteiger partial charge in [-0.15, -0.1) is 0 Å². The first-order valence-corrected chi connectivity index (χ1v) is 6.38. The van der Waals surface area contributed by atoms with Gasteiger partial charge in [-0.05, 0) is 25.3 Å². The molecule has 18 heavy (non-hydrogen) atoms. The second-order valence-electron chi connectivity index (χ2n) is 5.17. The van der Waals surface area contributed by atoms with Gasteiger partial charge in [0.25, 0.3) is 0 Å². The van der Waals surface area contributed by atoms with E-state index in [9.17, 15) is 0 Å². The molecule has 4 N–H and O–H groups in total. The Hall–Kier alpha value is -1.88. The summed E-state index contributed by atoms with van der Waals surface area (Å²) in [4.78, 5) is 7.52. The molecule has 2 atom stereocenters. The average Bonchev–Trinajstić information content (AvgIpc) is 3.03. The van der Waals surface area contributed by atoms with Crippen molar-refractivity contribution in [3.05, 3.63) is 24.2 Å². The summed E-state index contributed by atoms with van der Waals surface area (Å²) in [6, 6.07) is 2.39. The highest BCUT2D eigenvalue weighted by Crippen LogP contribution is 2.37. The Kier molecular flexibility index (Phi) is 1.99. The molecule has 5 heteroatoms. The maximum Gasteiger partial charge on any atom is 0.138 e. The zero-order chi connectivity index (χ0) is 12.1. The van der Waals surface area contributed by atoms with Crippen molar-refractivity contribution < 1.29 is 0 Å². The van der Waals surface area contributed by atoms with Crippen LogP contribution >= 0.6 is 0 Å². The number of pyridine rings is 1. The minimum atomic E-state index is 0.324. The monoisotopic (exact) mass is 241 g/mol. The molecule has 92 valence electrons. The lowest BCUT2D eigenvalue weighted by molar-refractivity contribution is 0.663. The molecule has 1 saturated carbocycles. The van der Waals surface area contributed by atoms with E-state index in [1.807, 2.05) is 12.4 Å². The van der Waals surface area contributed by atoms with Crippen LogP contribution in [0.25, 0.3) is 21.9 Å². The summed E-state index contributed by atoms with van der Waals surface area (Å²) < 4.78 is 0. The van der Waals surface area contributed by atoms with Crippen LogP contribution in [0.1, 0.15) is 30.9 Å². The molecule has 0 aromatic carbocycles. The Balaban J connectivity index is 1.97. The lowest BCUT2D eigenvalue weighted by Crippen LogP contribution is -2.14. The SMILES string of the molecule is NC1CC[C@@H](c2n[nH]c3cnc4[nH]ccc4c23)C1. The van der Waals surface area contributed by atoms with Crippen molar-refractivity contribution >= 4 is 21.9 Å². The van der Waals surface area contributed by atoms with Crippen LogP contribution in [0, 0.1) is 0 Å². The molecular weight excluding hydrogens is 226 g/mol. The summed E-state index contributed by atoms with van der Waals surface area (Å²) >= 11 is 0. The quantitative estimate of drug-likeness (QED) is 0.609. The van der Waals surface area contributed by atoms with Crippen molar-refractivity contribution in [2.24, 2.45) is 5.73 Å². The average molecular weight is 241 g/mol. The molecule has 1 unspecified atom stereocenters. The predicted octanol–water partition coefficient (Wildman–Crippen LogP) is 2.03. The Bertz CT molecular complexity index is 710. The molecule has 1 fully saturated rings. The molecule has 3 aromatic rings. The summed E-state index contributed by atoms with van der Waals surface area (Å²) in [7, 11) is 0. The standard InChI is InChI=1S/C13H15N5/c14-8-2-1-7(5-8)12-11-9-3-4-15-13(9)16-6-10(11)17-18-12/h3-4,6-8H,1-2,5,14H2,(H,15,16)(H,17,18)/t7-,8?/m1/s1. The van der Waals surface area contributed by atoms with E-state index < -0.39 is 0 Å². The van der Waals surface area contributed by atoms with E-state index in [4.69, 9.17) is 5.73 Å². The molecule has 0 saturated heterocycles. The van der Waals surface area contributed by atoms with Crippen LogP contribution in [0.2, 0.25) is 0 Å². The summed E-state index contributed by atoms with van der Waals surface area (Å²) in [5.74, 6) is 0.481. The molecule has 5 nitrogen and oxygen atoms in total. The van der Waals surface area contributed by atoms with Gasteiger partial charge < -0.3 is 10.7 Å². The Labute approximate surface area is 104 Å². The number of rotatable bonds is 1. The number of fused-ring (bicyclic) bond motifs is 3. The van der Waals surface area contributed by atoms with Gasteiger partial charge in [0.05, 0.1) is 17.4 Å². The first kappa shape index (κ1) is 10.1. The smallest absolute Gasteiger partial charge is 0.138 e. The van der Waals surface area contributed by atoms with Gasteiger partial charge in [0.15, 0.2) is 0 Å². The van der Waals surface area contributed by atoms with Crippen molar-refractivity contribution in [2.45, 2.75) is 31.2 Å². The summed E-state index contributed by atoms with van der Waals surface area (Å²) in [5, 5.41) is 9.96. The van der Waals surface area contributed by atoms with Crippen molar-refractivity contribution in [3.63, 3.8) is 0 Å². The van der Waals surface area contributed by atoms with Crippen LogP contribution in [0.3, 0.4) is 0 Å². The molecule has 4 rings (SSSR count). The number of nitrogens with zero attached hydrogens (tertiary/aromatic N) is 2. The summed E-state index contributed by atoms with van der Waals surface area (Å²) in [6.07, 6.45) is 7.04. The highest BCUT2D eigenvalue weighted by molar-refractivity contribution is 6.04. The molecule has 0 amide bonds. The van der Waals surface area contributed by atoms with E-state index >= 15 is 0 Å². The Morgan fingerprint density at radius 3 is 3.11 bits per heavy atom. The van der Waals surface area contributed by atoms with Gasteiger partial charge in [-0.25, -0.2) is 4.98 Å². The highest BCUT2D eigenvalue weighted by atomic mass is 15.1. The lowest BCUT2D eigenvalue weighted by atomic mass is 9.99. The lowest BCUT2D eigenvalue weighted by Gasteiger charge is -2.06. The molecule has 0 aliphatic heterocycles. The fourth-order valence-electron chi connectivity index (χ4n) is 3.11. The number of nitrogens with one attached hydrogen (secondary N) is 2. The van der Waals surface area contributed by atoms with E-state index in [1.54, 1.807) is 0 Å². The maximum absolute atomic E-state index is 6.01. The van der Waals surface area contributed by atoms with E-state index in [0.717, 1.165) is 41.5 Å². The number of aromatic nitrogens is 4. The zero-order valence-corrected chi connectivity index (χ0v) is 9.98. The van der Waals surface area contributed by atoms with Crippen molar-refractivity contribution in [2.75, 3.05) is 0 Å². The van der Waals surface area contributed by atoms with Gasteiger partial charge in [0.1, 0.15) is 5.65 Å². The summed E-state index contributed by atoms with van der Waals surface area (Å²) in [6.45, 7) is 0. The van der Waals surface area contributed by atoms with Gasteiger partial charge >= 0.3 is 0 Å². The normalized spacial score (nSPS) is 24.3. The molecule has 0 bridgehead atoms. The Morgan fingerprint density at radius 1 is 1.33 bits per heavy atom. The number of hydrogen-bond donors (Lipinski definition) is 3. The Morgan fingerprint density at radius 2 is 2.28 bits per heavy atom. The molecule has 3 heterocycles. The number of hydrogen-bond acceptors (Lipinski definition) is 3. The van der Waals surface area contributed by atoms with E-state index in [-0.39, 0.29) is 0 Å². The fraction of sp³-hybridized carbons (Fsp3) is 0.385. The fourth-order valence-corrected chi connectivity index (χ4v) is 3.11. The second kappa shape index (κ2) is 3.55. The molecular formula is C13H15N5. The predicted molar refractivity (Wildman–Crippen MR) is 70.3 cm³/mol. The summed E-state index contributed by atoms with van der Waals surface area (Å²) in [5.41, 5.74) is 9.10. The van der Waals surface area contributed by atoms with E-state index in [2.05, 4.69) is 26.2 Å². The van der Waals surface area contributed by atoms with Gasteiger partial charge in [0.2, 0.25) is 0 Å². The van der Waals surface area contributed by atoms with Gasteiger partial charge in [-0.3, -0.25) is 5.10 Å². The third-order valence-electron chi connectivity index (χ3n) is 4.00. The van der Waals surface area contributed by atoms with Crippen molar-refractivity contribution in [1.29, 1.82) is 0 Å². The van der Waals surface area contributed by atoms with Crippen LogP contribution in [0.5, 0.6) is 0 Å². The van der Waals surface area contributed by atoms with Crippen LogP contribution in [0.4, 0.5) is 0 Å². The third kappa shape index (κ3) is 1.31. The van der Waals surface area contributed by atoms with Crippen LogP contribution in [-0.4, -0.2) is 26.2 Å². The van der Waals surface area contributed by atoms with Crippen molar-refractivity contribution in [3.8, 4) is 0 Å². The molecule has 1 aliphatic rings. The number of nitrogens with two attached hydrogens (primary N) is 1. The van der Waals surface area contributed by atoms with Crippen molar-refractivity contribution in [1.82, 2.24) is 20.2 Å². The van der Waals surface area contributed by atoms with Crippen LogP contribution in [-0.2, 0) is 0 Å². The van der Waals surface area contributed by atoms with Gasteiger partial charge in [-0.1, -0.05) is 0 Å². The number of aromatic amines is 2. The minimum Gasteiger partial charge on any atom is -0.346 e. The topological polar surface area (TPSA) is 83.4 Å². The highest BCUT2D eigenvalue weighted by Gasteiger charge is 2.27. The molecule has 3 aromatic heterocycles. The zero-order valence-electron chi connectivity index (χ0n) is 9.98. The van der Waals surface area contributed by atoms with Crippen LogP contribution in [0.15, 0.2) is 18.5 Å². The third-order valence-corrected chi connectivity index (χ3v) is 4.00. The maximum atomic E-state index is 6.01. The molecule has 1 aliphatic carbocycles. The largest absolute Gasteiger partial charge is 0.346 e. The van der Waals surface area contributed by atoms with Gasteiger partial charge in [0, 0.05) is 28.9 Å². The molecule has 0 spiro atoms. The van der Waals surface area contributed by atoms with Crippen LogP contribution < -0.4 is 5.73 Å². The van der Waals surface area contributed by atoms with E-state index in [0.29, 0.717) is 12.0 Å². The minimum absolute atomic E-state index is 0.324. The molecule has 0 radical (unpaired) electrons. The number of H-pyrrole nitrogens is 2.